The van der Waals surface area contributed by atoms with Gasteiger partial charge in [0.2, 0.25) is 0 Å². The van der Waals surface area contributed by atoms with Crippen LogP contribution in [0.25, 0.3) is 6.08 Å². The minimum atomic E-state index is -0.454. The summed E-state index contributed by atoms with van der Waals surface area (Å²) in [4.78, 5) is 22.4. The number of carbonyl (C=O) groups is 1. The minimum Gasteiger partial charge on any atom is -0.272 e. The number of hydrogen-bond donors (Lipinski definition) is 1. The van der Waals surface area contributed by atoms with Gasteiger partial charge in [0.1, 0.15) is 0 Å². The SMILES string of the molecule is O=C(CSc1nnc(SCc2ccccc2Cl)s1)N/N=C\C=C/c1ccccc1[N+](=O)[O-]. The predicted molar refractivity (Wildman–Crippen MR) is 130 cm³/mol. The number of hydrazone groups is 1. The quantitative estimate of drug-likeness (QED) is 0.172. The number of nitrogens with zero attached hydrogens (tertiary/aromatic N) is 4. The van der Waals surface area contributed by atoms with E-state index in [1.54, 1.807) is 24.3 Å². The van der Waals surface area contributed by atoms with Crippen LogP contribution in [0.15, 0.2) is 68.4 Å². The van der Waals surface area contributed by atoms with E-state index < -0.39 is 4.92 Å². The number of nitro groups is 1. The number of benzene rings is 2. The highest BCUT2D eigenvalue weighted by Crippen LogP contribution is 2.32. The Morgan fingerprint density at radius 2 is 1.88 bits per heavy atom. The number of thioether (sulfide) groups is 2. The molecular formula is C20H16ClN5O3S3. The van der Waals surface area contributed by atoms with E-state index in [2.05, 4.69) is 20.7 Å². The van der Waals surface area contributed by atoms with E-state index in [4.69, 9.17) is 11.6 Å². The lowest BCUT2D eigenvalue weighted by atomic mass is 10.2. The largest absolute Gasteiger partial charge is 0.276 e. The minimum absolute atomic E-state index is 0.000888. The fourth-order valence-corrected chi connectivity index (χ4v) is 5.42. The highest BCUT2D eigenvalue weighted by molar-refractivity contribution is 8.03. The summed E-state index contributed by atoms with van der Waals surface area (Å²) in [5, 5.41) is 23.7. The smallest absolute Gasteiger partial charge is 0.272 e. The topological polar surface area (TPSA) is 110 Å². The van der Waals surface area contributed by atoms with Gasteiger partial charge < -0.3 is 0 Å². The fourth-order valence-electron chi connectivity index (χ4n) is 2.32. The van der Waals surface area contributed by atoms with E-state index in [9.17, 15) is 14.9 Å². The Hall–Kier alpha value is -2.73. The lowest BCUT2D eigenvalue weighted by Gasteiger charge is -2.00. The molecule has 32 heavy (non-hydrogen) atoms. The Bertz CT molecular complexity index is 1150. The molecule has 1 aromatic heterocycles. The Labute approximate surface area is 201 Å². The number of nitro benzene ring substituents is 1. The van der Waals surface area contributed by atoms with Crippen LogP contribution < -0.4 is 5.43 Å². The molecule has 1 N–H and O–H groups in total. The third-order valence-electron chi connectivity index (χ3n) is 3.78. The maximum atomic E-state index is 11.9. The van der Waals surface area contributed by atoms with Gasteiger partial charge in [-0.15, -0.1) is 10.2 Å². The van der Waals surface area contributed by atoms with Gasteiger partial charge in [-0.2, -0.15) is 5.10 Å². The average molecular weight is 506 g/mol. The van der Waals surface area contributed by atoms with E-state index in [0.717, 1.165) is 9.90 Å². The number of amides is 1. The first-order valence-electron chi connectivity index (χ1n) is 9.07. The Morgan fingerprint density at radius 1 is 1.16 bits per heavy atom. The number of aromatic nitrogens is 2. The summed E-state index contributed by atoms with van der Waals surface area (Å²) in [5.41, 5.74) is 3.87. The normalized spacial score (nSPS) is 11.3. The first kappa shape index (κ1) is 23.9. The first-order chi connectivity index (χ1) is 15.5. The van der Waals surface area contributed by atoms with E-state index in [0.29, 0.717) is 20.7 Å². The molecular weight excluding hydrogens is 490 g/mol. The van der Waals surface area contributed by atoms with Crippen molar-refractivity contribution in [3.05, 3.63) is 80.9 Å². The molecule has 1 amide bonds. The van der Waals surface area contributed by atoms with Crippen molar-refractivity contribution in [2.24, 2.45) is 5.10 Å². The molecule has 3 rings (SSSR count). The Balaban J connectivity index is 1.41. The average Bonchev–Trinajstić information content (AvgIpc) is 3.25. The maximum Gasteiger partial charge on any atom is 0.276 e. The lowest BCUT2D eigenvalue weighted by molar-refractivity contribution is -0.385. The summed E-state index contributed by atoms with van der Waals surface area (Å²) < 4.78 is 1.48. The summed E-state index contributed by atoms with van der Waals surface area (Å²) in [6.45, 7) is 0. The molecule has 12 heteroatoms. The van der Waals surface area contributed by atoms with Gasteiger partial charge in [0, 0.05) is 23.1 Å². The second-order valence-electron chi connectivity index (χ2n) is 5.99. The fraction of sp³-hybridized carbons (Fsp3) is 0.100. The van der Waals surface area contributed by atoms with Crippen molar-refractivity contribution in [1.82, 2.24) is 15.6 Å². The van der Waals surface area contributed by atoms with Crippen LogP contribution in [0.3, 0.4) is 0 Å². The van der Waals surface area contributed by atoms with Gasteiger partial charge in [0.05, 0.1) is 16.2 Å². The molecule has 0 saturated carbocycles. The highest BCUT2D eigenvalue weighted by atomic mass is 35.5. The molecule has 0 aliphatic carbocycles. The summed E-state index contributed by atoms with van der Waals surface area (Å²) in [6, 6.07) is 14.0. The van der Waals surface area contributed by atoms with Gasteiger partial charge in [0.25, 0.3) is 11.6 Å². The van der Waals surface area contributed by atoms with Crippen LogP contribution in [0.2, 0.25) is 5.02 Å². The van der Waals surface area contributed by atoms with Crippen molar-refractivity contribution in [3.8, 4) is 0 Å². The number of carbonyl (C=O) groups excluding carboxylic acids is 1. The molecule has 8 nitrogen and oxygen atoms in total. The van der Waals surface area contributed by atoms with Gasteiger partial charge in [-0.1, -0.05) is 76.8 Å². The molecule has 0 radical (unpaired) electrons. The number of nitrogens with one attached hydrogen (secondary N) is 1. The molecule has 0 unspecified atom stereocenters. The summed E-state index contributed by atoms with van der Waals surface area (Å²) >= 11 is 10.4. The zero-order valence-electron chi connectivity index (χ0n) is 16.4. The predicted octanol–water partition coefficient (Wildman–Crippen LogP) is 5.30. The number of para-hydroxylation sites is 1. The number of halogens is 1. The van der Waals surface area contributed by atoms with Gasteiger partial charge >= 0.3 is 0 Å². The molecule has 0 aliphatic heterocycles. The second-order valence-corrected chi connectivity index (χ2v) is 9.82. The molecule has 3 aromatic rings. The monoisotopic (exact) mass is 505 g/mol. The van der Waals surface area contributed by atoms with Crippen LogP contribution in [0.4, 0.5) is 5.69 Å². The second kappa shape index (κ2) is 12.3. The molecule has 0 saturated heterocycles. The standard InChI is InChI=1S/C20H16ClN5O3S3/c21-16-9-3-1-7-15(16)12-30-19-24-25-20(32-19)31-13-18(27)23-22-11-5-8-14-6-2-4-10-17(14)26(28)29/h1-11H,12-13H2,(H,23,27)/b8-5-,22-11-. The molecule has 2 aromatic carbocycles. The number of rotatable bonds is 10. The van der Waals surface area contributed by atoms with Crippen molar-refractivity contribution >= 4 is 70.3 Å². The Morgan fingerprint density at radius 3 is 2.66 bits per heavy atom. The van der Waals surface area contributed by atoms with E-state index in [1.165, 1.54) is 53.2 Å². The van der Waals surface area contributed by atoms with Crippen molar-refractivity contribution in [2.75, 3.05) is 5.75 Å². The Kier molecular flexibility index (Phi) is 9.23. The van der Waals surface area contributed by atoms with Crippen molar-refractivity contribution in [2.45, 2.75) is 14.4 Å². The summed E-state index contributed by atoms with van der Waals surface area (Å²) in [5.74, 6) is 0.522. The molecule has 1 heterocycles. The van der Waals surface area contributed by atoms with Gasteiger partial charge in [0.15, 0.2) is 8.68 Å². The van der Waals surface area contributed by atoms with Crippen LogP contribution in [0, 0.1) is 10.1 Å². The zero-order valence-corrected chi connectivity index (χ0v) is 19.6. The van der Waals surface area contributed by atoms with Crippen LogP contribution in [-0.2, 0) is 10.5 Å². The summed E-state index contributed by atoms with van der Waals surface area (Å²) in [6.07, 6.45) is 4.42. The number of allylic oxidation sites excluding steroid dienone is 1. The first-order valence-corrected chi connectivity index (χ1v) is 12.2. The van der Waals surface area contributed by atoms with Crippen LogP contribution in [-0.4, -0.2) is 33.0 Å². The van der Waals surface area contributed by atoms with E-state index >= 15 is 0 Å². The molecule has 0 aliphatic rings. The van der Waals surface area contributed by atoms with Gasteiger partial charge in [-0.25, -0.2) is 5.43 Å². The third kappa shape index (κ3) is 7.45. The van der Waals surface area contributed by atoms with Crippen molar-refractivity contribution in [1.29, 1.82) is 0 Å². The molecule has 0 atom stereocenters. The maximum absolute atomic E-state index is 11.9. The van der Waals surface area contributed by atoms with E-state index in [1.807, 2.05) is 24.3 Å². The molecule has 0 spiro atoms. The zero-order chi connectivity index (χ0) is 22.8. The van der Waals surface area contributed by atoms with Crippen LogP contribution >= 0.6 is 46.5 Å². The van der Waals surface area contributed by atoms with Gasteiger partial charge in [-0.05, 0) is 29.8 Å². The van der Waals surface area contributed by atoms with Gasteiger partial charge in [-0.3, -0.25) is 14.9 Å². The van der Waals surface area contributed by atoms with E-state index in [-0.39, 0.29) is 17.3 Å². The van der Waals surface area contributed by atoms with Crippen molar-refractivity contribution in [3.63, 3.8) is 0 Å². The molecule has 0 fully saturated rings. The molecule has 0 bridgehead atoms. The van der Waals surface area contributed by atoms with Crippen molar-refractivity contribution < 1.29 is 9.72 Å². The van der Waals surface area contributed by atoms with Crippen LogP contribution in [0.1, 0.15) is 11.1 Å². The lowest BCUT2D eigenvalue weighted by Crippen LogP contribution is -2.19. The third-order valence-corrected chi connectivity index (χ3v) is 7.39. The number of hydrogen-bond acceptors (Lipinski definition) is 9. The highest BCUT2D eigenvalue weighted by Gasteiger charge is 2.10. The summed E-state index contributed by atoms with van der Waals surface area (Å²) in [7, 11) is 0. The van der Waals surface area contributed by atoms with Crippen LogP contribution in [0.5, 0.6) is 0 Å². The molecule has 164 valence electrons.